The van der Waals surface area contributed by atoms with E-state index in [4.69, 9.17) is 4.74 Å². The Bertz CT molecular complexity index is 1190. The maximum Gasteiger partial charge on any atom is 0.324 e. The summed E-state index contributed by atoms with van der Waals surface area (Å²) in [6.07, 6.45) is 3.84. The zero-order valence-electron chi connectivity index (χ0n) is 19.5. The molecule has 1 aliphatic heterocycles. The van der Waals surface area contributed by atoms with Gasteiger partial charge in [-0.1, -0.05) is 12.1 Å². The van der Waals surface area contributed by atoms with Crippen molar-refractivity contribution in [3.63, 3.8) is 0 Å². The van der Waals surface area contributed by atoms with Gasteiger partial charge in [-0.25, -0.2) is 14.2 Å². The van der Waals surface area contributed by atoms with Crippen molar-refractivity contribution in [2.24, 2.45) is 0 Å². The SMILES string of the molecule is COc1cc(C(=O)N[C@H]2CCN(Cc3ccc(F)cc3)C2)ccc1NC(=O)Nc1cnc(C)cn1. The summed E-state index contributed by atoms with van der Waals surface area (Å²) in [5.41, 5.74) is 2.61. The Balaban J connectivity index is 1.32. The normalized spacial score (nSPS) is 15.5. The highest BCUT2D eigenvalue weighted by Crippen LogP contribution is 2.26. The Kier molecular flexibility index (Phi) is 7.51. The van der Waals surface area contributed by atoms with Gasteiger partial charge in [-0.3, -0.25) is 20.0 Å². The quantitative estimate of drug-likeness (QED) is 0.479. The van der Waals surface area contributed by atoms with E-state index in [-0.39, 0.29) is 17.8 Å². The topological polar surface area (TPSA) is 108 Å². The monoisotopic (exact) mass is 478 g/mol. The number of carbonyl (C=O) groups excluding carboxylic acids is 2. The van der Waals surface area contributed by atoms with E-state index < -0.39 is 6.03 Å². The minimum atomic E-state index is -0.508. The predicted molar refractivity (Wildman–Crippen MR) is 130 cm³/mol. The number of benzene rings is 2. The predicted octanol–water partition coefficient (Wildman–Crippen LogP) is 3.58. The standard InChI is InChI=1S/C25H27FN6O3/c1-16-12-28-23(13-27-16)31-25(34)30-21-8-5-18(11-22(21)35-2)24(33)29-20-9-10-32(15-20)14-17-3-6-19(26)7-4-17/h3-8,11-13,20H,9-10,14-15H2,1-2H3,(H,29,33)(H2,28,30,31,34)/t20-/m0/s1. The number of urea groups is 1. The van der Waals surface area contributed by atoms with Gasteiger partial charge < -0.3 is 15.4 Å². The number of hydrogen-bond acceptors (Lipinski definition) is 6. The number of amides is 3. The van der Waals surface area contributed by atoms with E-state index in [2.05, 4.69) is 30.8 Å². The first-order valence-corrected chi connectivity index (χ1v) is 11.2. The molecule has 10 heteroatoms. The first kappa shape index (κ1) is 24.1. The first-order valence-electron chi connectivity index (χ1n) is 11.2. The minimum absolute atomic E-state index is 0.00754. The molecule has 1 atom stereocenters. The van der Waals surface area contributed by atoms with Gasteiger partial charge in [-0.15, -0.1) is 0 Å². The molecule has 9 nitrogen and oxygen atoms in total. The van der Waals surface area contributed by atoms with Gasteiger partial charge in [0, 0.05) is 31.2 Å². The molecule has 2 aromatic carbocycles. The van der Waals surface area contributed by atoms with Crippen molar-refractivity contribution >= 4 is 23.4 Å². The molecule has 3 aromatic rings. The van der Waals surface area contributed by atoms with Crippen LogP contribution in [0.15, 0.2) is 54.9 Å². The van der Waals surface area contributed by atoms with Crippen molar-refractivity contribution < 1.29 is 18.7 Å². The molecule has 0 spiro atoms. The number of aromatic nitrogens is 2. The number of carbonyl (C=O) groups is 2. The maximum absolute atomic E-state index is 13.1. The first-order chi connectivity index (χ1) is 16.9. The minimum Gasteiger partial charge on any atom is -0.495 e. The number of rotatable bonds is 7. The second-order valence-electron chi connectivity index (χ2n) is 8.36. The molecule has 1 aliphatic rings. The van der Waals surface area contributed by atoms with Gasteiger partial charge in [0.15, 0.2) is 5.82 Å². The van der Waals surface area contributed by atoms with Crippen LogP contribution in [0.25, 0.3) is 0 Å². The smallest absolute Gasteiger partial charge is 0.324 e. The van der Waals surface area contributed by atoms with Crippen LogP contribution >= 0.6 is 0 Å². The summed E-state index contributed by atoms with van der Waals surface area (Å²) in [5.74, 6) is 0.196. The molecule has 0 radical (unpaired) electrons. The van der Waals surface area contributed by atoms with Crippen molar-refractivity contribution in [2.75, 3.05) is 30.8 Å². The van der Waals surface area contributed by atoms with Crippen molar-refractivity contribution in [1.82, 2.24) is 20.2 Å². The van der Waals surface area contributed by atoms with Crippen LogP contribution < -0.4 is 20.7 Å². The van der Waals surface area contributed by atoms with Crippen LogP contribution in [-0.2, 0) is 6.54 Å². The fourth-order valence-corrected chi connectivity index (χ4v) is 3.87. The van der Waals surface area contributed by atoms with Crippen LogP contribution in [0.2, 0.25) is 0 Å². The molecular formula is C25H27FN6O3. The third kappa shape index (κ3) is 6.51. The van der Waals surface area contributed by atoms with Crippen molar-refractivity contribution in [3.05, 3.63) is 77.5 Å². The van der Waals surface area contributed by atoms with Crippen molar-refractivity contribution in [1.29, 1.82) is 0 Å². The number of anilines is 2. The molecule has 0 bridgehead atoms. The number of hydrogen-bond donors (Lipinski definition) is 3. The number of likely N-dealkylation sites (tertiary alicyclic amines) is 1. The van der Waals surface area contributed by atoms with E-state index in [0.717, 1.165) is 24.2 Å². The molecule has 182 valence electrons. The van der Waals surface area contributed by atoms with Gasteiger partial charge in [0.05, 0.1) is 30.9 Å². The number of ether oxygens (including phenoxy) is 1. The van der Waals surface area contributed by atoms with Crippen LogP contribution in [0, 0.1) is 12.7 Å². The maximum atomic E-state index is 13.1. The summed E-state index contributed by atoms with van der Waals surface area (Å²) < 4.78 is 18.5. The van der Waals surface area contributed by atoms with Gasteiger partial charge in [0.25, 0.3) is 5.91 Å². The zero-order valence-corrected chi connectivity index (χ0v) is 19.5. The molecule has 4 rings (SSSR count). The molecule has 0 unspecified atom stereocenters. The van der Waals surface area contributed by atoms with Crippen LogP contribution in [0.4, 0.5) is 20.7 Å². The zero-order chi connectivity index (χ0) is 24.8. The highest BCUT2D eigenvalue weighted by molar-refractivity contribution is 6.01. The van der Waals surface area contributed by atoms with Crippen LogP contribution in [0.3, 0.4) is 0 Å². The number of aryl methyl sites for hydroxylation is 1. The van der Waals surface area contributed by atoms with E-state index in [9.17, 15) is 14.0 Å². The van der Waals surface area contributed by atoms with Gasteiger partial charge in [0.1, 0.15) is 11.6 Å². The Morgan fingerprint density at radius 2 is 1.91 bits per heavy atom. The van der Waals surface area contributed by atoms with E-state index in [1.807, 2.05) is 0 Å². The molecule has 0 saturated carbocycles. The van der Waals surface area contributed by atoms with Crippen LogP contribution in [0.5, 0.6) is 5.75 Å². The molecule has 3 amide bonds. The fraction of sp³-hybridized carbons (Fsp3) is 0.280. The Morgan fingerprint density at radius 3 is 2.63 bits per heavy atom. The summed E-state index contributed by atoms with van der Waals surface area (Å²) in [6.45, 7) is 4.06. The largest absolute Gasteiger partial charge is 0.495 e. The Labute approximate surface area is 202 Å². The lowest BCUT2D eigenvalue weighted by molar-refractivity contribution is 0.0937. The van der Waals surface area contributed by atoms with Crippen molar-refractivity contribution in [3.8, 4) is 5.75 Å². The highest BCUT2D eigenvalue weighted by Gasteiger charge is 2.24. The summed E-state index contributed by atoms with van der Waals surface area (Å²) >= 11 is 0. The van der Waals surface area contributed by atoms with E-state index in [0.29, 0.717) is 35.9 Å². The second kappa shape index (κ2) is 10.9. The molecule has 3 N–H and O–H groups in total. The molecule has 1 fully saturated rings. The third-order valence-electron chi connectivity index (χ3n) is 5.66. The molecule has 2 heterocycles. The lowest BCUT2D eigenvalue weighted by Gasteiger charge is -2.17. The number of halogens is 1. The second-order valence-corrected chi connectivity index (χ2v) is 8.36. The van der Waals surface area contributed by atoms with E-state index >= 15 is 0 Å². The average Bonchev–Trinajstić information content (AvgIpc) is 3.28. The number of nitrogens with one attached hydrogen (secondary N) is 3. The fourth-order valence-electron chi connectivity index (χ4n) is 3.87. The van der Waals surface area contributed by atoms with Gasteiger partial charge >= 0.3 is 6.03 Å². The van der Waals surface area contributed by atoms with Gasteiger partial charge in [0.2, 0.25) is 0 Å². The molecule has 1 saturated heterocycles. The van der Waals surface area contributed by atoms with Gasteiger partial charge in [-0.2, -0.15) is 0 Å². The van der Waals surface area contributed by atoms with Gasteiger partial charge in [-0.05, 0) is 49.2 Å². The van der Waals surface area contributed by atoms with E-state index in [1.54, 1.807) is 43.5 Å². The molecule has 1 aromatic heterocycles. The van der Waals surface area contributed by atoms with Crippen molar-refractivity contribution in [2.45, 2.75) is 25.9 Å². The average molecular weight is 479 g/mol. The van der Waals surface area contributed by atoms with Crippen LogP contribution in [0.1, 0.15) is 28.0 Å². The summed E-state index contributed by atoms with van der Waals surface area (Å²) in [7, 11) is 1.47. The third-order valence-corrected chi connectivity index (χ3v) is 5.66. The van der Waals surface area contributed by atoms with Crippen LogP contribution in [-0.4, -0.2) is 53.0 Å². The summed E-state index contributed by atoms with van der Waals surface area (Å²) in [6, 6.07) is 10.8. The lowest BCUT2D eigenvalue weighted by Crippen LogP contribution is -2.37. The summed E-state index contributed by atoms with van der Waals surface area (Å²) in [5, 5.41) is 8.35. The number of methoxy groups -OCH3 is 1. The van der Waals surface area contributed by atoms with E-state index in [1.165, 1.54) is 25.4 Å². The summed E-state index contributed by atoms with van der Waals surface area (Å²) in [4.78, 5) is 35.5. The molecule has 0 aliphatic carbocycles. The lowest BCUT2D eigenvalue weighted by atomic mass is 10.1. The Hall–Kier alpha value is -4.05. The Morgan fingerprint density at radius 1 is 1.11 bits per heavy atom. The highest BCUT2D eigenvalue weighted by atomic mass is 19.1. The molecular weight excluding hydrogens is 451 g/mol. The molecule has 35 heavy (non-hydrogen) atoms. The number of nitrogens with zero attached hydrogens (tertiary/aromatic N) is 3.